The molecule has 2 aliphatic rings. The van der Waals surface area contributed by atoms with Crippen molar-refractivity contribution in [2.75, 3.05) is 13.9 Å². The van der Waals surface area contributed by atoms with Gasteiger partial charge in [0.2, 0.25) is 12.7 Å². The third-order valence-corrected chi connectivity index (χ3v) is 3.90. The van der Waals surface area contributed by atoms with E-state index < -0.39 is 11.9 Å². The van der Waals surface area contributed by atoms with Crippen LogP contribution in [0, 0.1) is 0 Å². The molecule has 4 rings (SSSR count). The van der Waals surface area contributed by atoms with Crippen molar-refractivity contribution in [1.82, 2.24) is 0 Å². The molecule has 0 saturated carbocycles. The average molecular weight is 351 g/mol. The highest BCUT2D eigenvalue weighted by molar-refractivity contribution is 6.13. The van der Waals surface area contributed by atoms with Crippen LogP contribution in [0.1, 0.15) is 21.5 Å². The normalized spacial score (nSPS) is 16.4. The summed E-state index contributed by atoms with van der Waals surface area (Å²) in [6.45, 7) is 0.153. The first kappa shape index (κ1) is 15.9. The minimum Gasteiger partial charge on any atom is -0.465 e. The summed E-state index contributed by atoms with van der Waals surface area (Å²) in [4.78, 5) is 28.3. The summed E-state index contributed by atoms with van der Waals surface area (Å²) in [5.74, 6) is 0.257. The van der Waals surface area contributed by atoms with Crippen LogP contribution in [0.5, 0.6) is 11.5 Å². The van der Waals surface area contributed by atoms with Gasteiger partial charge in [-0.15, -0.1) is 0 Å². The highest BCUT2D eigenvalue weighted by atomic mass is 16.7. The second kappa shape index (κ2) is 6.36. The number of fused-ring (bicyclic) bond motifs is 1. The highest BCUT2D eigenvalue weighted by Gasteiger charge is 2.26. The van der Waals surface area contributed by atoms with Crippen molar-refractivity contribution < 1.29 is 28.5 Å². The van der Waals surface area contributed by atoms with Crippen LogP contribution in [0.3, 0.4) is 0 Å². The number of rotatable bonds is 3. The van der Waals surface area contributed by atoms with E-state index in [4.69, 9.17) is 18.9 Å². The van der Waals surface area contributed by atoms with Crippen LogP contribution in [0.2, 0.25) is 0 Å². The Morgan fingerprint density at radius 3 is 2.81 bits per heavy atom. The summed E-state index contributed by atoms with van der Waals surface area (Å²) in [6, 6.07) is 11.9. The number of aliphatic imine (C=N–C) groups is 1. The zero-order valence-electron chi connectivity index (χ0n) is 13.7. The monoisotopic (exact) mass is 351 g/mol. The van der Waals surface area contributed by atoms with Gasteiger partial charge >= 0.3 is 11.9 Å². The highest BCUT2D eigenvalue weighted by Crippen LogP contribution is 2.33. The zero-order chi connectivity index (χ0) is 18.1. The molecule has 0 N–H and O–H groups in total. The summed E-state index contributed by atoms with van der Waals surface area (Å²) < 4.78 is 20.6. The molecule has 0 amide bonds. The van der Waals surface area contributed by atoms with Gasteiger partial charge in [0.05, 0.1) is 12.7 Å². The minimum absolute atomic E-state index is 0.0917. The molecule has 0 aromatic heterocycles. The standard InChI is InChI=1S/C19H13NO6/c1-23-18(21)13-5-3-2-4-11(13)8-14-19(22)26-17(20-14)12-6-7-15-16(9-12)25-10-24-15/h2-9H,10H2,1H3/b14-8-. The Balaban J connectivity index is 1.69. The largest absolute Gasteiger partial charge is 0.465 e. The van der Waals surface area contributed by atoms with E-state index in [1.54, 1.807) is 42.5 Å². The van der Waals surface area contributed by atoms with E-state index in [2.05, 4.69) is 4.99 Å². The summed E-state index contributed by atoms with van der Waals surface area (Å²) in [6.07, 6.45) is 1.49. The fourth-order valence-corrected chi connectivity index (χ4v) is 2.63. The van der Waals surface area contributed by atoms with Gasteiger partial charge < -0.3 is 18.9 Å². The molecular formula is C19H13NO6. The summed E-state index contributed by atoms with van der Waals surface area (Å²) in [5, 5.41) is 0. The third kappa shape index (κ3) is 2.79. The van der Waals surface area contributed by atoms with Crippen LogP contribution in [0.4, 0.5) is 0 Å². The second-order valence-electron chi connectivity index (χ2n) is 5.48. The number of methoxy groups -OCH3 is 1. The predicted molar refractivity (Wildman–Crippen MR) is 91.0 cm³/mol. The maximum atomic E-state index is 12.2. The van der Waals surface area contributed by atoms with Crippen LogP contribution in [-0.4, -0.2) is 31.7 Å². The number of carbonyl (C=O) groups is 2. The van der Waals surface area contributed by atoms with Gasteiger partial charge in [0.25, 0.3) is 0 Å². The van der Waals surface area contributed by atoms with Gasteiger partial charge in [-0.25, -0.2) is 14.6 Å². The smallest absolute Gasteiger partial charge is 0.363 e. The molecule has 0 bridgehead atoms. The molecule has 0 saturated heterocycles. The summed E-state index contributed by atoms with van der Waals surface area (Å²) in [7, 11) is 1.30. The van der Waals surface area contributed by atoms with E-state index in [0.717, 1.165) is 0 Å². The van der Waals surface area contributed by atoms with Crippen molar-refractivity contribution in [2.24, 2.45) is 4.99 Å². The number of ether oxygens (including phenoxy) is 4. The van der Waals surface area contributed by atoms with Crippen LogP contribution in [0.15, 0.2) is 53.2 Å². The Bertz CT molecular complexity index is 976. The molecule has 2 aromatic rings. The quantitative estimate of drug-likeness (QED) is 0.624. The second-order valence-corrected chi connectivity index (χ2v) is 5.48. The fraction of sp³-hybridized carbons (Fsp3) is 0.105. The maximum absolute atomic E-state index is 12.2. The van der Waals surface area contributed by atoms with Crippen LogP contribution in [0.25, 0.3) is 6.08 Å². The number of cyclic esters (lactones) is 1. The topological polar surface area (TPSA) is 83.4 Å². The molecule has 0 radical (unpaired) electrons. The molecule has 2 aromatic carbocycles. The van der Waals surface area contributed by atoms with Crippen molar-refractivity contribution in [3.8, 4) is 11.5 Å². The Labute approximate surface area is 148 Å². The lowest BCUT2D eigenvalue weighted by atomic mass is 10.1. The Morgan fingerprint density at radius 2 is 1.96 bits per heavy atom. The van der Waals surface area contributed by atoms with Gasteiger partial charge in [-0.3, -0.25) is 0 Å². The van der Waals surface area contributed by atoms with Crippen molar-refractivity contribution in [3.05, 3.63) is 64.9 Å². The van der Waals surface area contributed by atoms with Crippen molar-refractivity contribution in [3.63, 3.8) is 0 Å². The molecule has 0 fully saturated rings. The van der Waals surface area contributed by atoms with Gasteiger partial charge in [-0.05, 0) is 35.9 Å². The number of nitrogens with zero attached hydrogens (tertiary/aromatic N) is 1. The molecular weight excluding hydrogens is 338 g/mol. The first-order valence-corrected chi connectivity index (χ1v) is 7.75. The molecule has 0 spiro atoms. The number of hydrogen-bond donors (Lipinski definition) is 0. The van der Waals surface area contributed by atoms with Crippen molar-refractivity contribution >= 4 is 23.9 Å². The lowest BCUT2D eigenvalue weighted by Crippen LogP contribution is -2.06. The lowest BCUT2D eigenvalue weighted by molar-refractivity contribution is -0.129. The van der Waals surface area contributed by atoms with Gasteiger partial charge in [-0.1, -0.05) is 18.2 Å². The fourth-order valence-electron chi connectivity index (χ4n) is 2.63. The molecule has 7 nitrogen and oxygen atoms in total. The van der Waals surface area contributed by atoms with E-state index in [9.17, 15) is 9.59 Å². The molecule has 0 aliphatic carbocycles. The van der Waals surface area contributed by atoms with E-state index in [1.807, 2.05) is 0 Å². The SMILES string of the molecule is COC(=O)c1ccccc1/C=C1\N=C(c2ccc3c(c2)OCO3)OC1=O. The number of hydrogen-bond acceptors (Lipinski definition) is 7. The van der Waals surface area contributed by atoms with E-state index >= 15 is 0 Å². The van der Waals surface area contributed by atoms with Crippen LogP contribution >= 0.6 is 0 Å². The molecule has 2 heterocycles. The van der Waals surface area contributed by atoms with E-state index in [-0.39, 0.29) is 18.4 Å². The van der Waals surface area contributed by atoms with Gasteiger partial charge in [0.1, 0.15) is 0 Å². The zero-order valence-corrected chi connectivity index (χ0v) is 13.7. The Morgan fingerprint density at radius 1 is 1.15 bits per heavy atom. The third-order valence-electron chi connectivity index (χ3n) is 3.90. The first-order chi connectivity index (χ1) is 12.7. The summed E-state index contributed by atoms with van der Waals surface area (Å²) >= 11 is 0. The molecule has 2 aliphatic heterocycles. The minimum atomic E-state index is -0.600. The van der Waals surface area contributed by atoms with Gasteiger partial charge in [0.15, 0.2) is 17.2 Å². The van der Waals surface area contributed by atoms with E-state index in [1.165, 1.54) is 13.2 Å². The van der Waals surface area contributed by atoms with Crippen LogP contribution < -0.4 is 9.47 Å². The Hall–Kier alpha value is -3.61. The molecule has 130 valence electrons. The predicted octanol–water partition coefficient (Wildman–Crippen LogP) is 2.55. The number of carbonyl (C=O) groups excluding carboxylic acids is 2. The number of benzene rings is 2. The summed E-state index contributed by atoms with van der Waals surface area (Å²) in [5.41, 5.74) is 1.53. The van der Waals surface area contributed by atoms with Crippen molar-refractivity contribution in [2.45, 2.75) is 0 Å². The lowest BCUT2D eigenvalue weighted by Gasteiger charge is -2.03. The average Bonchev–Trinajstić information content (AvgIpc) is 3.27. The maximum Gasteiger partial charge on any atom is 0.363 e. The molecule has 7 heteroatoms. The van der Waals surface area contributed by atoms with Crippen molar-refractivity contribution in [1.29, 1.82) is 0 Å². The molecule has 0 atom stereocenters. The Kier molecular flexibility index (Phi) is 3.89. The molecule has 0 unspecified atom stereocenters. The number of esters is 2. The van der Waals surface area contributed by atoms with E-state index in [0.29, 0.717) is 28.2 Å². The molecule has 26 heavy (non-hydrogen) atoms. The first-order valence-electron chi connectivity index (χ1n) is 7.75. The van der Waals surface area contributed by atoms with Crippen LogP contribution in [-0.2, 0) is 14.3 Å². The van der Waals surface area contributed by atoms with Gasteiger partial charge in [0, 0.05) is 5.56 Å². The van der Waals surface area contributed by atoms with Gasteiger partial charge in [-0.2, -0.15) is 0 Å².